The number of primary amides is 1. The van der Waals surface area contributed by atoms with Gasteiger partial charge in [-0.3, -0.25) is 72.3 Å². The summed E-state index contributed by atoms with van der Waals surface area (Å²) in [5.74, 6) is -12.1. The topological polar surface area (TPSA) is 642 Å². The van der Waals surface area contributed by atoms with Crippen LogP contribution in [0.1, 0.15) is 128 Å². The van der Waals surface area contributed by atoms with Gasteiger partial charge in [0.1, 0.15) is 66.5 Å². The fraction of sp³-hybridized carbons (Fsp3) is 0.627. The Morgan fingerprint density at radius 1 is 0.589 bits per heavy atom. The number of aromatic amines is 1. The fourth-order valence-corrected chi connectivity index (χ4v) is 12.3. The van der Waals surface area contributed by atoms with Crippen LogP contribution in [0, 0.1) is 5.92 Å². The predicted molar refractivity (Wildman–Crippen MR) is 394 cm³/mol. The van der Waals surface area contributed by atoms with Crippen molar-refractivity contribution in [2.45, 2.75) is 202 Å². The Bertz CT molecular complexity index is 3360. The number of unbranched alkanes of at least 4 members (excludes halogenated alkanes) is 1. The summed E-state index contributed by atoms with van der Waals surface area (Å²) in [5.41, 5.74) is 39.9. The van der Waals surface area contributed by atoms with E-state index in [9.17, 15) is 77.3 Å². The lowest BCUT2D eigenvalue weighted by Crippen LogP contribution is -2.61. The number of carboxylic acids is 1. The highest BCUT2D eigenvalue weighted by Gasteiger charge is 2.42. The first kappa shape index (κ1) is 89.2. The minimum Gasteiger partial charge on any atom is -0.480 e. The molecule has 2 aromatic rings. The van der Waals surface area contributed by atoms with Crippen molar-refractivity contribution in [2.24, 2.45) is 56.0 Å². The Hall–Kier alpha value is -10.2. The van der Waals surface area contributed by atoms with Crippen LogP contribution in [0.3, 0.4) is 0 Å². The van der Waals surface area contributed by atoms with E-state index < -0.39 is 168 Å². The Morgan fingerprint density at radius 3 is 1.66 bits per heavy atom. The number of carboxylic acid groups (broad SMARTS) is 1. The third kappa shape index (κ3) is 31.4. The number of amides is 13. The van der Waals surface area contributed by atoms with Crippen LogP contribution in [0.25, 0.3) is 0 Å². The molecule has 2 fully saturated rings. The normalized spacial score (nSPS) is 16.7. The first-order valence-corrected chi connectivity index (χ1v) is 37.1. The van der Waals surface area contributed by atoms with Crippen LogP contribution in [0.2, 0.25) is 0 Å². The quantitative estimate of drug-likeness (QED) is 0.0166. The number of nitrogens with one attached hydrogen (secondary N) is 11. The van der Waals surface area contributed by atoms with Gasteiger partial charge in [0, 0.05) is 57.3 Å². The van der Waals surface area contributed by atoms with Gasteiger partial charge in [0.25, 0.3) is 0 Å². The highest BCUT2D eigenvalue weighted by Crippen LogP contribution is 2.23. The maximum absolute atomic E-state index is 14.5. The molecule has 1 aromatic heterocycles. The summed E-state index contributed by atoms with van der Waals surface area (Å²) in [6, 6.07) is -7.20. The molecule has 1 aromatic carbocycles. The zero-order valence-corrected chi connectivity index (χ0v) is 61.8. The number of aliphatic hydroxyl groups is 1. The number of aliphatic imine (C=N–C) groups is 2. The van der Waals surface area contributed by atoms with Crippen LogP contribution < -0.4 is 93.3 Å². The molecule has 39 nitrogen and oxygen atoms in total. The van der Waals surface area contributed by atoms with Gasteiger partial charge in [-0.15, -0.1) is 0 Å². The lowest BCUT2D eigenvalue weighted by atomic mass is 10.0. The summed E-state index contributed by atoms with van der Waals surface area (Å²) in [7, 11) is 0. The van der Waals surface area contributed by atoms with Crippen LogP contribution >= 0.6 is 11.8 Å². The van der Waals surface area contributed by atoms with Crippen molar-refractivity contribution in [3.8, 4) is 0 Å². The van der Waals surface area contributed by atoms with Gasteiger partial charge in [0.2, 0.25) is 76.8 Å². The van der Waals surface area contributed by atoms with E-state index in [0.29, 0.717) is 42.7 Å². The second kappa shape index (κ2) is 46.7. The Kier molecular flexibility index (Phi) is 38.9. The van der Waals surface area contributed by atoms with Crippen molar-refractivity contribution in [2.75, 3.05) is 57.9 Å². The van der Waals surface area contributed by atoms with Crippen LogP contribution in [-0.2, 0) is 80.0 Å². The highest BCUT2D eigenvalue weighted by molar-refractivity contribution is 7.98. The minimum absolute atomic E-state index is 0.00671. The third-order valence-corrected chi connectivity index (χ3v) is 18.2. The summed E-state index contributed by atoms with van der Waals surface area (Å²) in [5, 5.41) is 46.4. The van der Waals surface area contributed by atoms with Crippen molar-refractivity contribution >= 4 is 106 Å². The van der Waals surface area contributed by atoms with Crippen molar-refractivity contribution in [1.29, 1.82) is 0 Å². The number of imidazole rings is 1. The molecule has 4 rings (SSSR count). The number of thioether (sulfide) groups is 1. The van der Waals surface area contributed by atoms with Crippen LogP contribution in [-0.4, -0.2) is 255 Å². The number of aliphatic carboxylic acids is 1. The third-order valence-electron chi connectivity index (χ3n) is 17.5. The average Bonchev–Trinajstić information content (AvgIpc) is 1.71. The van der Waals surface area contributed by atoms with Crippen molar-refractivity contribution in [3.05, 3.63) is 54.1 Å². The van der Waals surface area contributed by atoms with Crippen LogP contribution in [0.5, 0.6) is 0 Å². The molecule has 3 heterocycles. The molecule has 0 spiro atoms. The summed E-state index contributed by atoms with van der Waals surface area (Å²) >= 11 is 1.42. The van der Waals surface area contributed by atoms with Gasteiger partial charge in [-0.1, -0.05) is 44.2 Å². The number of H-pyrrole nitrogens is 1. The largest absolute Gasteiger partial charge is 0.480 e. The van der Waals surface area contributed by atoms with Crippen LogP contribution in [0.15, 0.2) is 52.8 Å². The molecule has 0 unspecified atom stereocenters. The summed E-state index contributed by atoms with van der Waals surface area (Å²) < 4.78 is 0. The van der Waals surface area contributed by atoms with Crippen LogP contribution in [0.4, 0.5) is 0 Å². The maximum atomic E-state index is 14.5. The SMILES string of the molecule is CSCC[C@H](NC(=O)[C@@H]1CCCN1C(=O)CNC(=O)[C@H](CCCCN)NC(=O)[C@H](Cc1cnc[nH]1)NC(=O)[C@H](CO)NC(=O)[C@H](CC(C)C)NC(=O)[C@H](CCCN=C(N)N)NC(=O)[C@H](C)NC(=O)[C@H](CCCN=C(N)N)NC(=O)[C@@H](N)CCC(N)=O)C(=O)N1CCC[C@H]1C(=O)N[C@@H](Cc1ccccc1)C(=O)O. The van der Waals surface area contributed by atoms with E-state index in [2.05, 4.69) is 73.1 Å². The number of guanidine groups is 2. The molecule has 13 amide bonds. The molecule has 594 valence electrons. The van der Waals surface area contributed by atoms with E-state index in [1.807, 2.05) is 6.26 Å². The maximum Gasteiger partial charge on any atom is 0.326 e. The number of hydrogen-bond donors (Lipinski definition) is 20. The van der Waals surface area contributed by atoms with E-state index >= 15 is 0 Å². The Labute approximate surface area is 624 Å². The van der Waals surface area contributed by atoms with Gasteiger partial charge >= 0.3 is 5.97 Å². The first-order valence-electron chi connectivity index (χ1n) is 35.7. The fourth-order valence-electron chi connectivity index (χ4n) is 11.8. The Morgan fingerprint density at radius 2 is 1.10 bits per heavy atom. The molecular formula is C67H109N23O16S. The van der Waals surface area contributed by atoms with E-state index in [0.717, 1.165) is 0 Å². The van der Waals surface area contributed by atoms with Gasteiger partial charge in [0.15, 0.2) is 11.9 Å². The second-order valence-corrected chi connectivity index (χ2v) is 27.6. The monoisotopic (exact) mass is 1520 g/mol. The second-order valence-electron chi connectivity index (χ2n) is 26.6. The number of likely N-dealkylation sites (tertiary alicyclic amines) is 2. The summed E-state index contributed by atoms with van der Waals surface area (Å²) in [4.78, 5) is 209. The number of hydrogen-bond acceptors (Lipinski definition) is 21. The zero-order valence-electron chi connectivity index (χ0n) is 61.0. The number of carbonyl (C=O) groups is 14. The lowest BCUT2D eigenvalue weighted by molar-refractivity contribution is -0.145. The summed E-state index contributed by atoms with van der Waals surface area (Å²) in [6.07, 6.45) is 6.02. The molecule has 107 heavy (non-hydrogen) atoms. The Balaban J connectivity index is 1.47. The molecule has 2 aliphatic heterocycles. The standard InChI is InChI=1S/C67H109N23O16S/c1-37(2)30-46(85-58(98)44(18-11-26-77-67(73)74)81-54(94)38(3)80-57(97)43(17-10-25-76-66(71)72)82-55(95)41(69)21-22-52(70)92)59(99)88-49(35-91)61(101)86-47(32-40-33-75-36-79-40)60(100)83-42(16-8-9-24-68)56(96)78-34-53(93)89-27-12-19-50(89)62(102)84-45(23-29-107-4)64(104)90-28-13-20-51(90)63(103)87-48(65(105)106)31-39-14-6-5-7-15-39/h5-7,14-15,33,36-38,41-51,91H,8-13,16-32,34-35,68-69H2,1-4H3,(H2,70,92)(H,75,79)(H,78,96)(H,80,97)(H,81,94)(H,82,95)(H,83,100)(H,84,102)(H,85,98)(H,86,101)(H,87,103)(H,88,99)(H,105,106)(H4,71,72,76)(H4,73,74,77)/t38-,41-,42-,43-,44-,45-,46-,47-,48-,49-,50-,51-/m0/s1. The number of aromatic nitrogens is 2. The van der Waals surface area contributed by atoms with E-state index in [-0.39, 0.29) is 134 Å². The van der Waals surface area contributed by atoms with Gasteiger partial charge < -0.3 is 118 Å². The molecule has 12 atom stereocenters. The zero-order chi connectivity index (χ0) is 79.3. The molecule has 2 saturated heterocycles. The van der Waals surface area contributed by atoms with Gasteiger partial charge in [0.05, 0.1) is 25.5 Å². The molecule has 0 radical (unpaired) electrons. The molecule has 0 aliphatic carbocycles. The predicted octanol–water partition coefficient (Wildman–Crippen LogP) is -6.62. The van der Waals surface area contributed by atoms with E-state index in [4.69, 9.17) is 40.1 Å². The average molecular weight is 1520 g/mol. The smallest absolute Gasteiger partial charge is 0.326 e. The summed E-state index contributed by atoms with van der Waals surface area (Å²) in [6.45, 7) is 3.60. The van der Waals surface area contributed by atoms with Crippen molar-refractivity contribution < 1.29 is 77.3 Å². The number of carbonyl (C=O) groups excluding carboxylic acids is 13. The molecule has 0 saturated carbocycles. The lowest BCUT2D eigenvalue weighted by Gasteiger charge is -2.31. The number of aliphatic hydroxyl groups excluding tert-OH is 1. The van der Waals surface area contributed by atoms with Gasteiger partial charge in [-0.2, -0.15) is 11.8 Å². The number of rotatable bonds is 48. The number of nitrogens with zero attached hydrogens (tertiary/aromatic N) is 5. The van der Waals surface area contributed by atoms with E-state index in [1.165, 1.54) is 41.0 Å². The van der Waals surface area contributed by atoms with Gasteiger partial charge in [-0.25, -0.2) is 9.78 Å². The first-order chi connectivity index (χ1) is 50.9. The van der Waals surface area contributed by atoms with E-state index in [1.54, 1.807) is 44.2 Å². The molecule has 0 bridgehead atoms. The van der Waals surface area contributed by atoms with Crippen molar-refractivity contribution in [3.63, 3.8) is 0 Å². The molecule has 27 N–H and O–H groups in total. The molecular weight excluding hydrogens is 1410 g/mol. The number of nitrogens with two attached hydrogens (primary N) is 7. The molecule has 2 aliphatic rings. The molecule has 40 heteroatoms. The van der Waals surface area contributed by atoms with Crippen molar-refractivity contribution in [1.82, 2.24) is 72.9 Å². The minimum atomic E-state index is -1.79. The highest BCUT2D eigenvalue weighted by atomic mass is 32.2. The van der Waals surface area contributed by atoms with Gasteiger partial charge in [-0.05, 0) is 127 Å². The number of benzene rings is 1.